The number of anilines is 1. The third kappa shape index (κ3) is 3.33. The Balaban J connectivity index is 1.57. The Hall–Kier alpha value is -1.66. The van der Waals surface area contributed by atoms with E-state index in [4.69, 9.17) is 4.74 Å². The Morgan fingerprint density at radius 2 is 2.00 bits per heavy atom. The molecule has 1 unspecified atom stereocenters. The Bertz CT molecular complexity index is 495. The van der Waals surface area contributed by atoms with E-state index in [2.05, 4.69) is 10.2 Å². The van der Waals surface area contributed by atoms with E-state index in [1.807, 2.05) is 6.07 Å². The van der Waals surface area contributed by atoms with Gasteiger partial charge < -0.3 is 10.1 Å². The minimum atomic E-state index is -0.326. The summed E-state index contributed by atoms with van der Waals surface area (Å²) in [6.07, 6.45) is 3.16. The van der Waals surface area contributed by atoms with E-state index in [-0.39, 0.29) is 10.6 Å². The normalized spacial score (nSPS) is 24.1. The molecule has 0 bridgehead atoms. The third-order valence-electron chi connectivity index (χ3n) is 4.41. The Morgan fingerprint density at radius 1 is 1.24 bits per heavy atom. The summed E-state index contributed by atoms with van der Waals surface area (Å²) < 4.78 is 5.44. The minimum Gasteiger partial charge on any atom is -0.380 e. The van der Waals surface area contributed by atoms with E-state index >= 15 is 0 Å². The number of nitrogens with one attached hydrogen (secondary N) is 1. The van der Waals surface area contributed by atoms with Gasteiger partial charge in [0.1, 0.15) is 5.69 Å². The first-order valence-corrected chi connectivity index (χ1v) is 7.56. The van der Waals surface area contributed by atoms with Gasteiger partial charge in [0, 0.05) is 37.8 Å². The molecule has 0 aliphatic carbocycles. The van der Waals surface area contributed by atoms with Crippen molar-refractivity contribution < 1.29 is 9.66 Å². The fourth-order valence-electron chi connectivity index (χ4n) is 3.19. The fraction of sp³-hybridized carbons (Fsp3) is 0.600. The van der Waals surface area contributed by atoms with Crippen LogP contribution in [0.25, 0.3) is 0 Å². The highest BCUT2D eigenvalue weighted by Crippen LogP contribution is 2.27. The maximum Gasteiger partial charge on any atom is 0.292 e. The van der Waals surface area contributed by atoms with Gasteiger partial charge in [-0.2, -0.15) is 0 Å². The summed E-state index contributed by atoms with van der Waals surface area (Å²) in [4.78, 5) is 13.2. The molecule has 3 rings (SSSR count). The minimum absolute atomic E-state index is 0.157. The van der Waals surface area contributed by atoms with E-state index in [0.29, 0.717) is 17.8 Å². The first kappa shape index (κ1) is 14.3. The first-order valence-electron chi connectivity index (χ1n) is 7.56. The van der Waals surface area contributed by atoms with Crippen molar-refractivity contribution in [2.75, 3.05) is 31.6 Å². The molecule has 0 saturated carbocycles. The van der Waals surface area contributed by atoms with Gasteiger partial charge in [-0.1, -0.05) is 12.1 Å². The molecule has 0 spiro atoms. The lowest BCUT2D eigenvalue weighted by Crippen LogP contribution is -2.44. The number of ether oxygens (including phenoxy) is 1. The van der Waals surface area contributed by atoms with Crippen molar-refractivity contribution in [2.45, 2.75) is 31.3 Å². The average molecular weight is 291 g/mol. The van der Waals surface area contributed by atoms with Crippen molar-refractivity contribution in [1.82, 2.24) is 4.90 Å². The molecule has 6 nitrogen and oxygen atoms in total. The number of piperidine rings is 1. The summed E-state index contributed by atoms with van der Waals surface area (Å²) in [5.41, 5.74) is 0.786. The molecule has 1 aromatic carbocycles. The summed E-state index contributed by atoms with van der Waals surface area (Å²) in [5.74, 6) is 0. The molecule has 1 atom stereocenters. The molecular weight excluding hydrogens is 270 g/mol. The first-order chi connectivity index (χ1) is 10.2. The second-order valence-electron chi connectivity index (χ2n) is 5.75. The topological polar surface area (TPSA) is 67.6 Å². The molecule has 0 amide bonds. The zero-order chi connectivity index (χ0) is 14.7. The summed E-state index contributed by atoms with van der Waals surface area (Å²) in [7, 11) is 0. The van der Waals surface area contributed by atoms with E-state index in [0.717, 1.165) is 45.6 Å². The lowest BCUT2D eigenvalue weighted by Gasteiger charge is -2.35. The molecule has 2 fully saturated rings. The lowest BCUT2D eigenvalue weighted by atomic mass is 10.0. The number of hydrogen-bond donors (Lipinski definition) is 1. The van der Waals surface area contributed by atoms with Crippen molar-refractivity contribution in [3.63, 3.8) is 0 Å². The van der Waals surface area contributed by atoms with Gasteiger partial charge in [-0.25, -0.2) is 0 Å². The molecule has 2 saturated heterocycles. The van der Waals surface area contributed by atoms with Crippen LogP contribution in [0.5, 0.6) is 0 Å². The van der Waals surface area contributed by atoms with Gasteiger partial charge in [0.15, 0.2) is 0 Å². The van der Waals surface area contributed by atoms with Crippen LogP contribution in [0.2, 0.25) is 0 Å². The van der Waals surface area contributed by atoms with E-state index < -0.39 is 0 Å². The fourth-order valence-corrected chi connectivity index (χ4v) is 3.19. The number of nitro benzene ring substituents is 1. The Labute approximate surface area is 124 Å². The van der Waals surface area contributed by atoms with Crippen molar-refractivity contribution in [2.24, 2.45) is 0 Å². The maximum absolute atomic E-state index is 11.0. The van der Waals surface area contributed by atoms with Crippen molar-refractivity contribution in [3.8, 4) is 0 Å². The van der Waals surface area contributed by atoms with Gasteiger partial charge in [0.25, 0.3) is 5.69 Å². The van der Waals surface area contributed by atoms with Crippen LogP contribution in [0.4, 0.5) is 11.4 Å². The molecule has 2 aliphatic rings. The Kier molecular flexibility index (Phi) is 4.36. The van der Waals surface area contributed by atoms with Crippen molar-refractivity contribution in [3.05, 3.63) is 34.4 Å². The molecular formula is C15H21N3O3. The molecule has 21 heavy (non-hydrogen) atoms. The standard InChI is InChI=1S/C15H21N3O3/c19-18(20)15-4-2-1-3-14(15)16-12-5-8-17(9-6-12)13-7-10-21-11-13/h1-4,12-13,16H,5-11H2. The molecule has 0 radical (unpaired) electrons. The van der Waals surface area contributed by atoms with Gasteiger partial charge in [0.2, 0.25) is 0 Å². The summed E-state index contributed by atoms with van der Waals surface area (Å²) in [6, 6.07) is 7.75. The quantitative estimate of drug-likeness (QED) is 0.681. The van der Waals surface area contributed by atoms with E-state index in [1.165, 1.54) is 0 Å². The van der Waals surface area contributed by atoms with Gasteiger partial charge in [0.05, 0.1) is 11.5 Å². The monoisotopic (exact) mass is 291 g/mol. The molecule has 114 valence electrons. The summed E-state index contributed by atoms with van der Waals surface area (Å²) in [5, 5.41) is 14.4. The van der Waals surface area contributed by atoms with Crippen molar-refractivity contribution >= 4 is 11.4 Å². The molecule has 6 heteroatoms. The highest BCUT2D eigenvalue weighted by molar-refractivity contribution is 5.61. The van der Waals surface area contributed by atoms with E-state index in [9.17, 15) is 10.1 Å². The predicted octanol–water partition coefficient (Wildman–Crippen LogP) is 2.26. The van der Waals surface area contributed by atoms with Crippen molar-refractivity contribution in [1.29, 1.82) is 0 Å². The number of nitrogens with zero attached hydrogens (tertiary/aromatic N) is 2. The van der Waals surface area contributed by atoms with E-state index in [1.54, 1.807) is 18.2 Å². The SMILES string of the molecule is O=[N+]([O-])c1ccccc1NC1CCN(C2CCOC2)CC1. The van der Waals surface area contributed by atoms with Crippen LogP contribution in [0.15, 0.2) is 24.3 Å². The predicted molar refractivity (Wildman–Crippen MR) is 80.5 cm³/mol. The maximum atomic E-state index is 11.0. The number of likely N-dealkylation sites (tertiary alicyclic amines) is 1. The zero-order valence-electron chi connectivity index (χ0n) is 12.0. The smallest absolute Gasteiger partial charge is 0.292 e. The van der Waals surface area contributed by atoms with Crippen LogP contribution < -0.4 is 5.32 Å². The molecule has 1 N–H and O–H groups in total. The summed E-state index contributed by atoms with van der Waals surface area (Å²) in [6.45, 7) is 3.79. The molecule has 2 aliphatic heterocycles. The average Bonchev–Trinajstić information content (AvgIpc) is 3.03. The number of rotatable bonds is 4. The number of nitro groups is 1. The number of benzene rings is 1. The third-order valence-corrected chi connectivity index (χ3v) is 4.41. The summed E-state index contributed by atoms with van der Waals surface area (Å²) >= 11 is 0. The Morgan fingerprint density at radius 3 is 2.67 bits per heavy atom. The van der Waals surface area contributed by atoms with Gasteiger partial charge in [-0.15, -0.1) is 0 Å². The highest BCUT2D eigenvalue weighted by atomic mass is 16.6. The van der Waals surface area contributed by atoms with Gasteiger partial charge in [-0.05, 0) is 25.3 Å². The molecule has 0 aromatic heterocycles. The number of hydrogen-bond acceptors (Lipinski definition) is 5. The van der Waals surface area contributed by atoms with Crippen LogP contribution in [0.3, 0.4) is 0 Å². The second kappa shape index (κ2) is 6.41. The lowest BCUT2D eigenvalue weighted by molar-refractivity contribution is -0.384. The van der Waals surface area contributed by atoms with Gasteiger partial charge in [-0.3, -0.25) is 15.0 Å². The van der Waals surface area contributed by atoms with Crippen LogP contribution in [0, 0.1) is 10.1 Å². The van der Waals surface area contributed by atoms with Crippen LogP contribution in [-0.2, 0) is 4.74 Å². The van der Waals surface area contributed by atoms with Gasteiger partial charge >= 0.3 is 0 Å². The molecule has 2 heterocycles. The largest absolute Gasteiger partial charge is 0.380 e. The highest BCUT2D eigenvalue weighted by Gasteiger charge is 2.28. The molecule has 1 aromatic rings. The number of para-hydroxylation sites is 2. The van der Waals surface area contributed by atoms with Crippen LogP contribution in [0.1, 0.15) is 19.3 Å². The van der Waals surface area contributed by atoms with Crippen LogP contribution in [-0.4, -0.2) is 48.2 Å². The second-order valence-corrected chi connectivity index (χ2v) is 5.75. The zero-order valence-corrected chi connectivity index (χ0v) is 12.0. The van der Waals surface area contributed by atoms with Crippen LogP contribution >= 0.6 is 0 Å².